The van der Waals surface area contributed by atoms with Crippen LogP contribution in [0.4, 0.5) is 0 Å². The van der Waals surface area contributed by atoms with Crippen LogP contribution in [0.2, 0.25) is 0 Å². The van der Waals surface area contributed by atoms with Crippen LogP contribution in [-0.4, -0.2) is 51.4 Å². The Morgan fingerprint density at radius 2 is 1.95 bits per heavy atom. The highest BCUT2D eigenvalue weighted by Crippen LogP contribution is 2.15. The number of carboxylic acid groups (broad SMARTS) is 1. The van der Waals surface area contributed by atoms with Gasteiger partial charge in [0, 0.05) is 19.6 Å². The van der Waals surface area contributed by atoms with Crippen molar-refractivity contribution in [3.63, 3.8) is 0 Å². The highest BCUT2D eigenvalue weighted by atomic mass is 16.5. The van der Waals surface area contributed by atoms with E-state index in [9.17, 15) is 4.79 Å². The number of aromatic carboxylic acids is 1. The molecule has 1 aromatic heterocycles. The van der Waals surface area contributed by atoms with Crippen LogP contribution in [-0.2, 0) is 17.9 Å². The summed E-state index contributed by atoms with van der Waals surface area (Å²) in [4.78, 5) is 17.5. The van der Waals surface area contributed by atoms with Gasteiger partial charge in [0.15, 0.2) is 0 Å². The lowest BCUT2D eigenvalue weighted by molar-refractivity contribution is -0.0708. The summed E-state index contributed by atoms with van der Waals surface area (Å²) in [6.07, 6.45) is 0.303. The molecule has 20 heavy (non-hydrogen) atoms. The summed E-state index contributed by atoms with van der Waals surface area (Å²) in [7, 11) is 0. The second kappa shape index (κ2) is 6.30. The van der Waals surface area contributed by atoms with E-state index in [1.54, 1.807) is 6.07 Å². The fourth-order valence-corrected chi connectivity index (χ4v) is 2.58. The number of rotatable bonds is 4. The third-order valence-corrected chi connectivity index (χ3v) is 3.22. The van der Waals surface area contributed by atoms with E-state index < -0.39 is 5.97 Å². The molecule has 0 radical (unpaired) electrons. The lowest BCUT2D eigenvalue weighted by Gasteiger charge is -2.35. The van der Waals surface area contributed by atoms with E-state index in [1.165, 1.54) is 6.07 Å². The van der Waals surface area contributed by atoms with Gasteiger partial charge >= 0.3 is 5.97 Å². The van der Waals surface area contributed by atoms with Crippen molar-refractivity contribution in [3.8, 4) is 0 Å². The number of aliphatic hydroxyl groups is 1. The van der Waals surface area contributed by atoms with Crippen LogP contribution in [0.25, 0.3) is 0 Å². The Kier molecular flexibility index (Phi) is 4.69. The van der Waals surface area contributed by atoms with Crippen LogP contribution < -0.4 is 0 Å². The van der Waals surface area contributed by atoms with Gasteiger partial charge in [-0.1, -0.05) is 0 Å². The molecule has 0 saturated carbocycles. The Morgan fingerprint density at radius 3 is 2.50 bits per heavy atom. The molecule has 0 bridgehead atoms. The predicted octanol–water partition coefficient (Wildman–Crippen LogP) is 0.881. The van der Waals surface area contributed by atoms with Crippen molar-refractivity contribution >= 4 is 5.97 Å². The first-order valence-corrected chi connectivity index (χ1v) is 6.69. The zero-order chi connectivity index (χ0) is 14.7. The SMILES string of the molecule is C[C@@H]1CN(Cc2cc(C(=O)O)cc(CO)n2)C[C@H](C)O1. The maximum Gasteiger partial charge on any atom is 0.335 e. The second-order valence-corrected chi connectivity index (χ2v) is 5.25. The largest absolute Gasteiger partial charge is 0.478 e. The van der Waals surface area contributed by atoms with Gasteiger partial charge in [0.1, 0.15) is 0 Å². The highest BCUT2D eigenvalue weighted by Gasteiger charge is 2.22. The Labute approximate surface area is 118 Å². The average molecular weight is 280 g/mol. The molecular weight excluding hydrogens is 260 g/mol. The molecule has 0 aliphatic carbocycles. The molecule has 0 aromatic carbocycles. The summed E-state index contributed by atoms with van der Waals surface area (Å²) in [5.74, 6) is -1.01. The van der Waals surface area contributed by atoms with Crippen molar-refractivity contribution in [3.05, 3.63) is 29.1 Å². The minimum absolute atomic E-state index is 0.152. The molecule has 0 spiro atoms. The van der Waals surface area contributed by atoms with Gasteiger partial charge in [0.05, 0.1) is 35.8 Å². The molecule has 0 unspecified atom stereocenters. The minimum Gasteiger partial charge on any atom is -0.478 e. The van der Waals surface area contributed by atoms with Crippen LogP contribution >= 0.6 is 0 Å². The number of ether oxygens (including phenoxy) is 1. The molecule has 110 valence electrons. The number of hydrogen-bond acceptors (Lipinski definition) is 5. The summed E-state index contributed by atoms with van der Waals surface area (Å²) in [6, 6.07) is 2.96. The molecule has 2 rings (SSSR count). The number of carbonyl (C=O) groups is 1. The van der Waals surface area contributed by atoms with Gasteiger partial charge in [0.2, 0.25) is 0 Å². The third kappa shape index (κ3) is 3.75. The van der Waals surface area contributed by atoms with Gasteiger partial charge in [-0.05, 0) is 26.0 Å². The van der Waals surface area contributed by atoms with Crippen LogP contribution in [0.1, 0.15) is 35.6 Å². The van der Waals surface area contributed by atoms with Crippen molar-refractivity contribution in [2.45, 2.75) is 39.2 Å². The number of aliphatic hydroxyl groups excluding tert-OH is 1. The first kappa shape index (κ1) is 14.9. The van der Waals surface area contributed by atoms with Gasteiger partial charge in [-0.15, -0.1) is 0 Å². The molecule has 0 amide bonds. The quantitative estimate of drug-likeness (QED) is 0.852. The summed E-state index contributed by atoms with van der Waals surface area (Å²) in [6.45, 7) is 5.91. The Morgan fingerprint density at radius 1 is 1.35 bits per heavy atom. The Balaban J connectivity index is 2.15. The molecule has 6 nitrogen and oxygen atoms in total. The molecular formula is C14H20N2O4. The minimum atomic E-state index is -1.01. The van der Waals surface area contributed by atoms with Crippen LogP contribution in [0, 0.1) is 0 Å². The molecule has 2 N–H and O–H groups in total. The topological polar surface area (TPSA) is 82.9 Å². The van der Waals surface area contributed by atoms with Crippen LogP contribution in [0.5, 0.6) is 0 Å². The van der Waals surface area contributed by atoms with E-state index in [0.29, 0.717) is 17.9 Å². The normalized spacial score (nSPS) is 23.8. The summed E-state index contributed by atoms with van der Waals surface area (Å²) < 4.78 is 5.66. The van der Waals surface area contributed by atoms with Crippen LogP contribution in [0.15, 0.2) is 12.1 Å². The summed E-state index contributed by atoms with van der Waals surface area (Å²) in [5, 5.41) is 18.2. The lowest BCUT2D eigenvalue weighted by Crippen LogP contribution is -2.45. The zero-order valence-corrected chi connectivity index (χ0v) is 11.7. The standard InChI is InChI=1S/C14H20N2O4/c1-9-5-16(6-10(2)20-9)7-12-3-11(14(18)19)4-13(8-17)15-12/h3-4,9-10,17H,5-8H2,1-2H3,(H,18,19)/t9-,10+. The summed E-state index contributed by atoms with van der Waals surface area (Å²) >= 11 is 0. The van der Waals surface area contributed by atoms with E-state index in [1.807, 2.05) is 13.8 Å². The Bertz CT molecular complexity index is 482. The van der Waals surface area contributed by atoms with Gasteiger partial charge in [0.25, 0.3) is 0 Å². The second-order valence-electron chi connectivity index (χ2n) is 5.25. The van der Waals surface area contributed by atoms with E-state index in [0.717, 1.165) is 13.1 Å². The molecule has 2 heterocycles. The lowest BCUT2D eigenvalue weighted by atomic mass is 10.1. The van der Waals surface area contributed by atoms with E-state index in [2.05, 4.69) is 9.88 Å². The van der Waals surface area contributed by atoms with Gasteiger partial charge < -0.3 is 14.9 Å². The first-order chi connectivity index (χ1) is 9.47. The maximum absolute atomic E-state index is 11.1. The molecule has 1 saturated heterocycles. The number of nitrogens with zero attached hydrogens (tertiary/aromatic N) is 2. The molecule has 1 aromatic rings. The Hall–Kier alpha value is -1.50. The molecule has 2 atom stereocenters. The van der Waals surface area contributed by atoms with E-state index >= 15 is 0 Å². The van der Waals surface area contributed by atoms with Crippen molar-refractivity contribution < 1.29 is 19.7 Å². The molecule has 1 aliphatic heterocycles. The summed E-state index contributed by atoms with van der Waals surface area (Å²) in [5.41, 5.74) is 1.21. The highest BCUT2D eigenvalue weighted by molar-refractivity contribution is 5.87. The van der Waals surface area contributed by atoms with Crippen LogP contribution in [0.3, 0.4) is 0 Å². The zero-order valence-electron chi connectivity index (χ0n) is 11.7. The fourth-order valence-electron chi connectivity index (χ4n) is 2.58. The number of aromatic nitrogens is 1. The number of morpholine rings is 1. The van der Waals surface area contributed by atoms with Crippen molar-refractivity contribution in [2.24, 2.45) is 0 Å². The average Bonchev–Trinajstić information content (AvgIpc) is 2.36. The molecule has 1 fully saturated rings. The molecule has 1 aliphatic rings. The van der Waals surface area contributed by atoms with Crippen molar-refractivity contribution in [1.82, 2.24) is 9.88 Å². The number of pyridine rings is 1. The van der Waals surface area contributed by atoms with Gasteiger partial charge in [-0.2, -0.15) is 0 Å². The number of carboxylic acids is 1. The number of hydrogen-bond donors (Lipinski definition) is 2. The first-order valence-electron chi connectivity index (χ1n) is 6.69. The van der Waals surface area contributed by atoms with Crippen molar-refractivity contribution in [1.29, 1.82) is 0 Å². The van der Waals surface area contributed by atoms with Gasteiger partial charge in [-0.3, -0.25) is 9.88 Å². The van der Waals surface area contributed by atoms with Crippen molar-refractivity contribution in [2.75, 3.05) is 13.1 Å². The van der Waals surface area contributed by atoms with E-state index in [-0.39, 0.29) is 24.4 Å². The smallest absolute Gasteiger partial charge is 0.335 e. The fraction of sp³-hybridized carbons (Fsp3) is 0.571. The monoisotopic (exact) mass is 280 g/mol. The van der Waals surface area contributed by atoms with Gasteiger partial charge in [-0.25, -0.2) is 4.79 Å². The predicted molar refractivity (Wildman–Crippen MR) is 72.4 cm³/mol. The third-order valence-electron chi connectivity index (χ3n) is 3.22. The molecule has 6 heteroatoms. The maximum atomic E-state index is 11.1. The van der Waals surface area contributed by atoms with E-state index in [4.69, 9.17) is 14.9 Å².